The van der Waals surface area contributed by atoms with E-state index < -0.39 is 0 Å². The van der Waals surface area contributed by atoms with Gasteiger partial charge in [-0.25, -0.2) is 0 Å². The summed E-state index contributed by atoms with van der Waals surface area (Å²) in [5.41, 5.74) is 19.3. The Kier molecular flexibility index (Phi) is 7.53. The van der Waals surface area contributed by atoms with Gasteiger partial charge in [0.1, 0.15) is 0 Å². The molecule has 0 radical (unpaired) electrons. The molecule has 2 heterocycles. The third-order valence-corrected chi connectivity index (χ3v) is 11.3. The standard InChI is InChI=1S/C54H36N2/c1-3-13-37(14-4-1)38-23-25-39(26-24-38)40-27-31-44(32-28-40)55(43-15-5-2-6-16-43)45-33-29-41(30-34-45)42-35-50-47-18-8-7-17-46(47)48-19-9-11-21-52(48)56-53-22-12-10-20-49(53)51(36-42)54(50)56/h1-36H. The van der Waals surface area contributed by atoms with Gasteiger partial charge >= 0.3 is 0 Å². The molecule has 9 aromatic carbocycles. The molecule has 0 spiro atoms. The van der Waals surface area contributed by atoms with Crippen molar-refractivity contribution in [3.05, 3.63) is 218 Å². The molecule has 0 bridgehead atoms. The van der Waals surface area contributed by atoms with Gasteiger partial charge in [0.15, 0.2) is 0 Å². The average molecular weight is 713 g/mol. The van der Waals surface area contributed by atoms with Gasteiger partial charge in [-0.3, -0.25) is 0 Å². The van der Waals surface area contributed by atoms with E-state index in [0.717, 1.165) is 17.1 Å². The van der Waals surface area contributed by atoms with Crippen LogP contribution in [0.5, 0.6) is 0 Å². The molecule has 0 aliphatic carbocycles. The third kappa shape index (κ3) is 5.26. The SMILES string of the molecule is c1ccc(-c2ccc(-c3ccc(N(c4ccccc4)c4ccc(-c5cc6c7c(c5)c5ccccc5n7-c5ccccc5-c5ccccc5-6)cc4)cc3)cc2)cc1. The van der Waals surface area contributed by atoms with Crippen LogP contribution in [0.2, 0.25) is 0 Å². The van der Waals surface area contributed by atoms with Crippen molar-refractivity contribution in [2.24, 2.45) is 0 Å². The fourth-order valence-electron chi connectivity index (χ4n) is 8.68. The van der Waals surface area contributed by atoms with Crippen molar-refractivity contribution in [2.75, 3.05) is 4.90 Å². The quantitative estimate of drug-likeness (QED) is 0.167. The van der Waals surface area contributed by atoms with Gasteiger partial charge in [-0.1, -0.05) is 158 Å². The number of anilines is 3. The number of rotatable bonds is 6. The second-order valence-corrected chi connectivity index (χ2v) is 14.5. The number of para-hydroxylation sites is 3. The maximum Gasteiger partial charge on any atom is 0.0620 e. The maximum absolute atomic E-state index is 2.48. The highest BCUT2D eigenvalue weighted by Gasteiger charge is 2.25. The predicted molar refractivity (Wildman–Crippen MR) is 236 cm³/mol. The number of nitrogens with zero attached hydrogens (tertiary/aromatic N) is 2. The summed E-state index contributed by atoms with van der Waals surface area (Å²) in [6, 6.07) is 79.3. The molecular formula is C54H36N2. The molecule has 1 aliphatic heterocycles. The topological polar surface area (TPSA) is 8.17 Å². The molecule has 2 heteroatoms. The van der Waals surface area contributed by atoms with Crippen molar-refractivity contribution in [1.82, 2.24) is 4.57 Å². The minimum absolute atomic E-state index is 1.11. The second kappa shape index (κ2) is 13.2. The lowest BCUT2D eigenvalue weighted by Crippen LogP contribution is -2.09. The fraction of sp³-hybridized carbons (Fsp3) is 0. The summed E-state index contributed by atoms with van der Waals surface area (Å²) in [6.07, 6.45) is 0. The second-order valence-electron chi connectivity index (χ2n) is 14.5. The fourth-order valence-corrected chi connectivity index (χ4v) is 8.68. The Morgan fingerprint density at radius 3 is 1.38 bits per heavy atom. The average Bonchev–Trinajstić information content (AvgIpc) is 3.55. The summed E-state index contributed by atoms with van der Waals surface area (Å²) in [5, 5.41) is 2.53. The number of hydrogen-bond donors (Lipinski definition) is 0. The van der Waals surface area contributed by atoms with Crippen LogP contribution in [0, 0.1) is 0 Å². The summed E-state index contributed by atoms with van der Waals surface area (Å²) in [5.74, 6) is 0. The molecule has 0 saturated carbocycles. The highest BCUT2D eigenvalue weighted by atomic mass is 15.1. The summed E-state index contributed by atoms with van der Waals surface area (Å²) >= 11 is 0. The van der Waals surface area contributed by atoms with E-state index in [1.54, 1.807) is 0 Å². The first kappa shape index (κ1) is 32.0. The van der Waals surface area contributed by atoms with E-state index in [-0.39, 0.29) is 0 Å². The van der Waals surface area contributed by atoms with Crippen LogP contribution >= 0.6 is 0 Å². The van der Waals surface area contributed by atoms with Crippen molar-refractivity contribution < 1.29 is 0 Å². The van der Waals surface area contributed by atoms with Crippen molar-refractivity contribution in [3.8, 4) is 61.3 Å². The smallest absolute Gasteiger partial charge is 0.0620 e. The number of aromatic nitrogens is 1. The van der Waals surface area contributed by atoms with E-state index in [0.29, 0.717) is 0 Å². The summed E-state index contributed by atoms with van der Waals surface area (Å²) in [4.78, 5) is 2.34. The lowest BCUT2D eigenvalue weighted by Gasteiger charge is -2.26. The lowest BCUT2D eigenvalue weighted by atomic mass is 9.91. The Balaban J connectivity index is 0.994. The number of fused-ring (bicyclic) bond motifs is 8. The largest absolute Gasteiger partial charge is 0.311 e. The molecule has 1 aromatic heterocycles. The van der Waals surface area contributed by atoms with Crippen LogP contribution in [-0.4, -0.2) is 4.57 Å². The van der Waals surface area contributed by atoms with Crippen LogP contribution in [-0.2, 0) is 0 Å². The van der Waals surface area contributed by atoms with Gasteiger partial charge in [-0.15, -0.1) is 0 Å². The zero-order valence-corrected chi connectivity index (χ0v) is 30.7. The van der Waals surface area contributed by atoms with Crippen molar-refractivity contribution in [1.29, 1.82) is 0 Å². The molecule has 0 fully saturated rings. The van der Waals surface area contributed by atoms with Gasteiger partial charge in [0.2, 0.25) is 0 Å². The van der Waals surface area contributed by atoms with Gasteiger partial charge in [0.25, 0.3) is 0 Å². The molecule has 2 nitrogen and oxygen atoms in total. The molecule has 262 valence electrons. The van der Waals surface area contributed by atoms with Crippen LogP contribution in [0.1, 0.15) is 0 Å². The number of benzene rings is 9. The van der Waals surface area contributed by atoms with Gasteiger partial charge in [0, 0.05) is 39.0 Å². The number of hydrogen-bond acceptors (Lipinski definition) is 1. The Morgan fingerprint density at radius 1 is 0.286 bits per heavy atom. The molecule has 11 rings (SSSR count). The molecule has 56 heavy (non-hydrogen) atoms. The molecule has 0 unspecified atom stereocenters. The van der Waals surface area contributed by atoms with Gasteiger partial charge in [-0.05, 0) is 105 Å². The van der Waals surface area contributed by atoms with E-state index in [1.807, 2.05) is 0 Å². The van der Waals surface area contributed by atoms with E-state index in [9.17, 15) is 0 Å². The molecular weight excluding hydrogens is 677 g/mol. The first-order chi connectivity index (χ1) is 27.8. The molecule has 0 atom stereocenters. The van der Waals surface area contributed by atoms with E-state index >= 15 is 0 Å². The Morgan fingerprint density at radius 2 is 0.732 bits per heavy atom. The van der Waals surface area contributed by atoms with Crippen molar-refractivity contribution >= 4 is 38.9 Å². The highest BCUT2D eigenvalue weighted by Crippen LogP contribution is 2.48. The predicted octanol–water partition coefficient (Wildman–Crippen LogP) is 14.9. The summed E-state index contributed by atoms with van der Waals surface area (Å²) in [6.45, 7) is 0. The molecule has 10 aromatic rings. The Labute approximate surface area is 326 Å². The monoisotopic (exact) mass is 712 g/mol. The van der Waals surface area contributed by atoms with Crippen molar-refractivity contribution in [2.45, 2.75) is 0 Å². The summed E-state index contributed by atoms with van der Waals surface area (Å²) < 4.78 is 2.48. The van der Waals surface area contributed by atoms with Gasteiger partial charge in [0.05, 0.1) is 16.7 Å². The van der Waals surface area contributed by atoms with Crippen LogP contribution in [0.25, 0.3) is 83.1 Å². The van der Waals surface area contributed by atoms with Crippen molar-refractivity contribution in [3.63, 3.8) is 0 Å². The molecule has 0 saturated heterocycles. The zero-order chi connectivity index (χ0) is 37.0. The first-order valence-electron chi connectivity index (χ1n) is 19.3. The Bertz CT molecular complexity index is 3030. The first-order valence-corrected chi connectivity index (χ1v) is 19.3. The van der Waals surface area contributed by atoms with Crippen LogP contribution < -0.4 is 4.90 Å². The highest BCUT2D eigenvalue weighted by molar-refractivity contribution is 6.17. The minimum atomic E-state index is 1.11. The van der Waals surface area contributed by atoms with Crippen LogP contribution in [0.4, 0.5) is 17.1 Å². The lowest BCUT2D eigenvalue weighted by molar-refractivity contribution is 1.19. The van der Waals surface area contributed by atoms with Crippen LogP contribution in [0.3, 0.4) is 0 Å². The van der Waals surface area contributed by atoms with Gasteiger partial charge in [-0.2, -0.15) is 0 Å². The zero-order valence-electron chi connectivity index (χ0n) is 30.7. The van der Waals surface area contributed by atoms with E-state index in [2.05, 4.69) is 228 Å². The maximum atomic E-state index is 2.48. The van der Waals surface area contributed by atoms with E-state index in [1.165, 1.54) is 83.1 Å². The van der Waals surface area contributed by atoms with E-state index in [4.69, 9.17) is 0 Å². The minimum Gasteiger partial charge on any atom is -0.311 e. The molecule has 0 amide bonds. The van der Waals surface area contributed by atoms with Gasteiger partial charge < -0.3 is 9.47 Å². The molecule has 1 aliphatic rings. The van der Waals surface area contributed by atoms with Crippen LogP contribution in [0.15, 0.2) is 218 Å². The molecule has 0 N–H and O–H groups in total. The normalized spacial score (nSPS) is 11.6. The Hall–Kier alpha value is -7.42. The third-order valence-electron chi connectivity index (χ3n) is 11.3. The summed E-state index contributed by atoms with van der Waals surface area (Å²) in [7, 11) is 0.